The fourth-order valence-electron chi connectivity index (χ4n) is 1.72. The summed E-state index contributed by atoms with van der Waals surface area (Å²) < 4.78 is 11.1. The molecule has 2 unspecified atom stereocenters. The molecular formula is C21H31N2O5P. The average molecular weight is 422 g/mol. The first-order valence-corrected chi connectivity index (χ1v) is 10.2. The van der Waals surface area contributed by atoms with Gasteiger partial charge in [-0.05, 0) is 45.0 Å². The zero-order valence-corrected chi connectivity index (χ0v) is 18.6. The number of nitrogens with one attached hydrogen (secondary N) is 1. The summed E-state index contributed by atoms with van der Waals surface area (Å²) in [4.78, 5) is 9.52. The normalized spacial score (nSPS) is 11.0. The van der Waals surface area contributed by atoms with Crippen LogP contribution in [0.3, 0.4) is 0 Å². The van der Waals surface area contributed by atoms with Crippen LogP contribution in [0.4, 0.5) is 5.69 Å². The molecule has 0 amide bonds. The number of para-hydroxylation sites is 1. The molecule has 2 aromatic rings. The van der Waals surface area contributed by atoms with E-state index in [1.807, 2.05) is 65.0 Å². The Bertz CT molecular complexity index is 709. The standard InChI is InChI=1S/C13H20NO2P.C6H5NO3.C2H6/c1-10(2)15-12(4)11(3)14-17-16-13-8-6-5-7-9-13;8-6-3-1-5(2-4-6)7(9)10;1-2/h5-11,14,17H,4H2,1-3H3;1-4,8H;1-2H3. The molecule has 0 saturated carbocycles. The minimum atomic E-state index is -0.514. The molecule has 2 aromatic carbocycles. The summed E-state index contributed by atoms with van der Waals surface area (Å²) >= 11 is 0. The molecule has 0 aliphatic carbocycles. The van der Waals surface area contributed by atoms with E-state index >= 15 is 0 Å². The SMILES string of the molecule is C=C(OC(C)C)C(C)NPOc1ccccc1.CC.O=[N+]([O-])c1ccc(O)cc1. The van der Waals surface area contributed by atoms with Crippen molar-refractivity contribution in [2.75, 3.05) is 0 Å². The highest BCUT2D eigenvalue weighted by Crippen LogP contribution is 2.19. The van der Waals surface area contributed by atoms with Gasteiger partial charge in [-0.1, -0.05) is 38.6 Å². The molecule has 0 bridgehead atoms. The van der Waals surface area contributed by atoms with Crippen molar-refractivity contribution >= 4 is 14.6 Å². The number of nitro benzene ring substituents is 1. The monoisotopic (exact) mass is 422 g/mol. The molecule has 29 heavy (non-hydrogen) atoms. The van der Waals surface area contributed by atoms with Crippen LogP contribution in [0.5, 0.6) is 11.5 Å². The molecule has 0 spiro atoms. The van der Waals surface area contributed by atoms with Gasteiger partial charge in [0.1, 0.15) is 26.2 Å². The lowest BCUT2D eigenvalue weighted by molar-refractivity contribution is -0.384. The third-order valence-electron chi connectivity index (χ3n) is 3.12. The highest BCUT2D eigenvalue weighted by molar-refractivity contribution is 7.30. The summed E-state index contributed by atoms with van der Waals surface area (Å²) in [5.74, 6) is 1.63. The second-order valence-corrected chi connectivity index (χ2v) is 6.49. The van der Waals surface area contributed by atoms with Crippen LogP contribution < -0.4 is 9.61 Å². The van der Waals surface area contributed by atoms with E-state index in [2.05, 4.69) is 11.7 Å². The Balaban J connectivity index is 0.000000554. The van der Waals surface area contributed by atoms with Crippen LogP contribution in [0.2, 0.25) is 0 Å². The number of phenolic OH excluding ortho intramolecular Hbond substituents is 1. The number of benzene rings is 2. The maximum absolute atomic E-state index is 10.0. The predicted molar refractivity (Wildman–Crippen MR) is 119 cm³/mol. The van der Waals surface area contributed by atoms with Crippen LogP contribution in [0.1, 0.15) is 34.6 Å². The smallest absolute Gasteiger partial charge is 0.269 e. The minimum Gasteiger partial charge on any atom is -0.508 e. The van der Waals surface area contributed by atoms with Gasteiger partial charge in [0, 0.05) is 12.1 Å². The van der Waals surface area contributed by atoms with E-state index in [0.717, 1.165) is 11.5 Å². The van der Waals surface area contributed by atoms with Crippen LogP contribution in [-0.2, 0) is 4.74 Å². The molecule has 0 saturated heterocycles. The lowest BCUT2D eigenvalue weighted by Crippen LogP contribution is -2.23. The van der Waals surface area contributed by atoms with E-state index in [0.29, 0.717) is 0 Å². The maximum atomic E-state index is 10.0. The zero-order valence-electron chi connectivity index (χ0n) is 17.6. The topological polar surface area (TPSA) is 93.9 Å². The summed E-state index contributed by atoms with van der Waals surface area (Å²) in [6.07, 6.45) is 0.158. The van der Waals surface area contributed by atoms with Gasteiger partial charge in [0.15, 0.2) is 0 Å². The van der Waals surface area contributed by atoms with Gasteiger partial charge >= 0.3 is 0 Å². The summed E-state index contributed by atoms with van der Waals surface area (Å²) in [6, 6.07) is 14.8. The highest BCUT2D eigenvalue weighted by Gasteiger charge is 2.08. The van der Waals surface area contributed by atoms with Crippen molar-refractivity contribution in [2.24, 2.45) is 0 Å². The first-order valence-electron chi connectivity index (χ1n) is 9.31. The van der Waals surface area contributed by atoms with Crippen molar-refractivity contribution in [3.05, 3.63) is 77.0 Å². The molecule has 160 valence electrons. The van der Waals surface area contributed by atoms with Crippen LogP contribution in [0.15, 0.2) is 66.9 Å². The molecule has 0 heterocycles. The summed E-state index contributed by atoms with van der Waals surface area (Å²) in [5, 5.41) is 22.0. The van der Waals surface area contributed by atoms with Crippen LogP contribution in [0.25, 0.3) is 0 Å². The number of phenols is 1. The fourth-order valence-corrected chi connectivity index (χ4v) is 2.38. The molecule has 0 aliphatic heterocycles. The van der Waals surface area contributed by atoms with Crippen molar-refractivity contribution in [2.45, 2.75) is 46.8 Å². The van der Waals surface area contributed by atoms with E-state index in [9.17, 15) is 10.1 Å². The molecule has 0 fully saturated rings. The lowest BCUT2D eigenvalue weighted by atomic mass is 10.3. The zero-order chi connectivity index (χ0) is 22.2. The first-order chi connectivity index (χ1) is 13.8. The van der Waals surface area contributed by atoms with Gasteiger partial charge in [0.05, 0.1) is 17.1 Å². The maximum Gasteiger partial charge on any atom is 0.269 e. The van der Waals surface area contributed by atoms with Crippen molar-refractivity contribution < 1.29 is 19.3 Å². The summed E-state index contributed by atoms with van der Waals surface area (Å²) in [6.45, 7) is 13.9. The quantitative estimate of drug-likeness (QED) is 0.241. The molecule has 7 nitrogen and oxygen atoms in total. The largest absolute Gasteiger partial charge is 0.508 e. The van der Waals surface area contributed by atoms with Gasteiger partial charge in [-0.15, -0.1) is 0 Å². The van der Waals surface area contributed by atoms with E-state index in [-0.39, 0.29) is 32.5 Å². The fraction of sp³-hybridized carbons (Fsp3) is 0.333. The Hall–Kier alpha value is -2.63. The van der Waals surface area contributed by atoms with Crippen molar-refractivity contribution in [3.8, 4) is 11.5 Å². The Morgan fingerprint density at radius 3 is 2.14 bits per heavy atom. The third kappa shape index (κ3) is 12.4. The van der Waals surface area contributed by atoms with Gasteiger partial charge in [-0.2, -0.15) is 0 Å². The predicted octanol–water partition coefficient (Wildman–Crippen LogP) is 5.82. The highest BCUT2D eigenvalue weighted by atomic mass is 31.1. The third-order valence-corrected chi connectivity index (χ3v) is 4.01. The van der Waals surface area contributed by atoms with E-state index in [1.54, 1.807) is 0 Å². The molecule has 0 radical (unpaired) electrons. The molecule has 2 atom stereocenters. The van der Waals surface area contributed by atoms with Crippen LogP contribution in [0, 0.1) is 10.1 Å². The van der Waals surface area contributed by atoms with Crippen LogP contribution in [-0.4, -0.2) is 22.2 Å². The Labute approximate surface area is 174 Å². The molecule has 2 N–H and O–H groups in total. The number of nitro groups is 1. The lowest BCUT2D eigenvalue weighted by Gasteiger charge is -2.19. The molecular weight excluding hydrogens is 391 g/mol. The number of hydrogen-bond acceptors (Lipinski definition) is 6. The minimum absolute atomic E-state index is 0.0159. The van der Waals surface area contributed by atoms with Gasteiger partial charge in [0.25, 0.3) is 5.69 Å². The molecule has 0 aromatic heterocycles. The summed E-state index contributed by atoms with van der Waals surface area (Å²) in [5.41, 5.74) is -0.0159. The van der Waals surface area contributed by atoms with Crippen LogP contribution >= 0.6 is 8.96 Å². The first kappa shape index (κ1) is 26.4. The van der Waals surface area contributed by atoms with E-state index in [1.165, 1.54) is 24.3 Å². The number of non-ortho nitro benzene ring substituents is 1. The summed E-state index contributed by atoms with van der Waals surface area (Å²) in [7, 11) is 0.189. The van der Waals surface area contributed by atoms with Crippen molar-refractivity contribution in [1.82, 2.24) is 5.09 Å². The Morgan fingerprint density at radius 1 is 1.10 bits per heavy atom. The molecule has 2 rings (SSSR count). The van der Waals surface area contributed by atoms with Gasteiger partial charge in [-0.3, -0.25) is 15.2 Å². The van der Waals surface area contributed by atoms with Gasteiger partial charge in [0.2, 0.25) is 0 Å². The number of nitrogens with zero attached hydrogens (tertiary/aromatic N) is 1. The number of rotatable bonds is 8. The average Bonchev–Trinajstić information content (AvgIpc) is 2.70. The molecule has 0 aliphatic rings. The second kappa shape index (κ2) is 15.3. The number of ether oxygens (including phenoxy) is 1. The van der Waals surface area contributed by atoms with Crippen molar-refractivity contribution in [1.29, 1.82) is 0 Å². The number of hydrogen-bond donors (Lipinski definition) is 2. The van der Waals surface area contributed by atoms with Crippen molar-refractivity contribution in [3.63, 3.8) is 0 Å². The Kier molecular flexibility index (Phi) is 13.9. The second-order valence-electron chi connectivity index (χ2n) is 5.79. The van der Waals surface area contributed by atoms with Gasteiger partial charge in [-0.25, -0.2) is 0 Å². The van der Waals surface area contributed by atoms with E-state index < -0.39 is 4.92 Å². The van der Waals surface area contributed by atoms with E-state index in [4.69, 9.17) is 14.4 Å². The molecule has 8 heteroatoms. The Morgan fingerprint density at radius 2 is 1.66 bits per heavy atom. The van der Waals surface area contributed by atoms with Gasteiger partial charge < -0.3 is 14.4 Å². The number of aromatic hydroxyl groups is 1.